The van der Waals surface area contributed by atoms with Crippen LogP contribution in [-0.4, -0.2) is 17.4 Å². The number of hydrogen-bond acceptors (Lipinski definition) is 3. The Bertz CT molecular complexity index is 198. The van der Waals surface area contributed by atoms with E-state index < -0.39 is 17.4 Å². The zero-order valence-electron chi connectivity index (χ0n) is 7.72. The van der Waals surface area contributed by atoms with Gasteiger partial charge in [-0.3, -0.25) is 4.79 Å². The summed E-state index contributed by atoms with van der Waals surface area (Å²) in [5, 5.41) is 0. The number of hydrogen-bond donors (Lipinski definition) is 0. The molecule has 0 radical (unpaired) electrons. The van der Waals surface area contributed by atoms with Crippen molar-refractivity contribution in [2.75, 3.05) is 0 Å². The lowest BCUT2D eigenvalue weighted by atomic mass is 10.2. The number of carbonyl (C=O) groups excluding carboxylic acids is 2. The average molecular weight is 170 g/mol. The first-order chi connectivity index (χ1) is 5.37. The van der Waals surface area contributed by atoms with Gasteiger partial charge in [0.15, 0.2) is 0 Å². The molecule has 0 aliphatic carbocycles. The number of Topliss-reactive ketones (excluding diaryl/α,β-unsaturated/α-hetero) is 1. The van der Waals surface area contributed by atoms with Crippen LogP contribution in [0.1, 0.15) is 27.2 Å². The molecule has 0 N–H and O–H groups in total. The third kappa shape index (κ3) is 4.66. The van der Waals surface area contributed by atoms with Crippen LogP contribution in [0.2, 0.25) is 0 Å². The summed E-state index contributed by atoms with van der Waals surface area (Å²) in [5.74, 6) is -1.35. The monoisotopic (exact) mass is 170 g/mol. The second-order valence-electron chi connectivity index (χ2n) is 3.42. The maximum Gasteiger partial charge on any atom is 0.375 e. The van der Waals surface area contributed by atoms with Gasteiger partial charge in [-0.25, -0.2) is 4.79 Å². The maximum absolute atomic E-state index is 10.9. The number of rotatable bonds is 3. The predicted octanol–water partition coefficient (Wildman–Crippen LogP) is 1.47. The van der Waals surface area contributed by atoms with Gasteiger partial charge in [-0.05, 0) is 20.8 Å². The van der Waals surface area contributed by atoms with Crippen LogP contribution in [-0.2, 0) is 14.3 Å². The summed E-state index contributed by atoms with van der Waals surface area (Å²) in [6.07, 6.45) is 1.42. The normalized spacial score (nSPS) is 10.6. The molecule has 0 aliphatic heterocycles. The molecule has 0 fully saturated rings. The van der Waals surface area contributed by atoms with Crippen LogP contribution >= 0.6 is 0 Å². The molecule has 0 aromatic carbocycles. The van der Waals surface area contributed by atoms with E-state index in [1.54, 1.807) is 20.8 Å². The lowest BCUT2D eigenvalue weighted by Gasteiger charge is -2.18. The van der Waals surface area contributed by atoms with E-state index in [0.717, 1.165) is 0 Å². The Morgan fingerprint density at radius 3 is 2.25 bits per heavy atom. The van der Waals surface area contributed by atoms with Gasteiger partial charge < -0.3 is 4.74 Å². The van der Waals surface area contributed by atoms with Crippen molar-refractivity contribution in [2.24, 2.45) is 0 Å². The van der Waals surface area contributed by atoms with Crippen LogP contribution in [0.5, 0.6) is 0 Å². The Hall–Kier alpha value is -1.12. The summed E-state index contributed by atoms with van der Waals surface area (Å²) in [5.41, 5.74) is -0.603. The second kappa shape index (κ2) is 4.04. The molecule has 68 valence electrons. The van der Waals surface area contributed by atoms with Crippen molar-refractivity contribution in [2.45, 2.75) is 32.8 Å². The molecule has 0 rings (SSSR count). The summed E-state index contributed by atoms with van der Waals surface area (Å²) in [6, 6.07) is 0. The van der Waals surface area contributed by atoms with E-state index in [1.807, 2.05) is 0 Å². The molecule has 0 unspecified atom stereocenters. The Kier molecular flexibility index (Phi) is 3.67. The maximum atomic E-state index is 10.9. The van der Waals surface area contributed by atoms with Crippen molar-refractivity contribution in [1.82, 2.24) is 0 Å². The number of allylic oxidation sites excluding steroid dienone is 1. The molecule has 0 amide bonds. The summed E-state index contributed by atoms with van der Waals surface area (Å²) >= 11 is 0. The predicted molar refractivity (Wildman–Crippen MR) is 45.7 cm³/mol. The summed E-state index contributed by atoms with van der Waals surface area (Å²) in [7, 11) is 0. The number of ketones is 1. The lowest BCUT2D eigenvalue weighted by molar-refractivity contribution is -0.162. The zero-order valence-corrected chi connectivity index (χ0v) is 7.72. The molecule has 3 heteroatoms. The minimum absolute atomic E-state index is 0.0366. The van der Waals surface area contributed by atoms with Crippen molar-refractivity contribution >= 4 is 11.8 Å². The molecule has 0 saturated carbocycles. The van der Waals surface area contributed by atoms with Gasteiger partial charge in [0.05, 0.1) is 0 Å². The fraction of sp³-hybridized carbons (Fsp3) is 0.556. The highest BCUT2D eigenvalue weighted by molar-refractivity contribution is 6.34. The molecular weight excluding hydrogens is 156 g/mol. The summed E-state index contributed by atoms with van der Waals surface area (Å²) in [6.45, 7) is 8.49. The van der Waals surface area contributed by atoms with Crippen LogP contribution in [0.15, 0.2) is 12.7 Å². The van der Waals surface area contributed by atoms with Crippen LogP contribution < -0.4 is 0 Å². The van der Waals surface area contributed by atoms with Crippen LogP contribution in [0.4, 0.5) is 0 Å². The van der Waals surface area contributed by atoms with Gasteiger partial charge >= 0.3 is 5.97 Å². The minimum Gasteiger partial charge on any atom is -0.454 e. The van der Waals surface area contributed by atoms with Crippen LogP contribution in [0.25, 0.3) is 0 Å². The molecule has 0 bridgehead atoms. The zero-order chi connectivity index (χ0) is 9.78. The molecule has 0 atom stereocenters. The van der Waals surface area contributed by atoms with Crippen molar-refractivity contribution in [1.29, 1.82) is 0 Å². The van der Waals surface area contributed by atoms with Crippen molar-refractivity contribution in [3.63, 3.8) is 0 Å². The smallest absolute Gasteiger partial charge is 0.375 e. The van der Waals surface area contributed by atoms with Crippen molar-refractivity contribution in [3.05, 3.63) is 12.7 Å². The molecular formula is C9H14O3. The van der Waals surface area contributed by atoms with Crippen LogP contribution in [0.3, 0.4) is 0 Å². The lowest BCUT2D eigenvalue weighted by Crippen LogP contribution is -2.28. The van der Waals surface area contributed by atoms with Gasteiger partial charge in [-0.2, -0.15) is 0 Å². The van der Waals surface area contributed by atoms with Crippen molar-refractivity contribution in [3.8, 4) is 0 Å². The van der Waals surface area contributed by atoms with E-state index in [1.165, 1.54) is 6.08 Å². The van der Waals surface area contributed by atoms with Gasteiger partial charge in [-0.15, -0.1) is 6.58 Å². The van der Waals surface area contributed by atoms with Gasteiger partial charge in [0, 0.05) is 6.42 Å². The molecule has 0 aliphatic rings. The topological polar surface area (TPSA) is 43.4 Å². The molecule has 3 nitrogen and oxygen atoms in total. The SMILES string of the molecule is C=CCC(=O)C(=O)OC(C)(C)C. The van der Waals surface area contributed by atoms with E-state index in [9.17, 15) is 9.59 Å². The Balaban J connectivity index is 4.05. The average Bonchev–Trinajstić information content (AvgIpc) is 1.84. The molecule has 0 heterocycles. The number of carbonyl (C=O) groups is 2. The first kappa shape index (κ1) is 10.9. The standard InChI is InChI=1S/C9H14O3/c1-5-6-7(10)8(11)12-9(2,3)4/h5H,1,6H2,2-4H3. The van der Waals surface area contributed by atoms with E-state index in [2.05, 4.69) is 6.58 Å². The fourth-order valence-electron chi connectivity index (χ4n) is 0.549. The third-order valence-electron chi connectivity index (χ3n) is 0.956. The fourth-order valence-corrected chi connectivity index (χ4v) is 0.549. The molecule has 0 aromatic heterocycles. The highest BCUT2D eigenvalue weighted by Gasteiger charge is 2.21. The largest absolute Gasteiger partial charge is 0.454 e. The van der Waals surface area contributed by atoms with E-state index in [-0.39, 0.29) is 6.42 Å². The Labute approximate surface area is 72.4 Å². The van der Waals surface area contributed by atoms with Crippen LogP contribution in [0, 0.1) is 0 Å². The highest BCUT2D eigenvalue weighted by atomic mass is 16.6. The molecule has 12 heavy (non-hydrogen) atoms. The van der Waals surface area contributed by atoms with Gasteiger partial charge in [0.1, 0.15) is 5.60 Å². The summed E-state index contributed by atoms with van der Waals surface area (Å²) < 4.78 is 4.82. The second-order valence-corrected chi connectivity index (χ2v) is 3.42. The summed E-state index contributed by atoms with van der Waals surface area (Å²) in [4.78, 5) is 21.8. The number of esters is 1. The number of ether oxygens (including phenoxy) is 1. The van der Waals surface area contributed by atoms with E-state index >= 15 is 0 Å². The van der Waals surface area contributed by atoms with E-state index in [0.29, 0.717) is 0 Å². The first-order valence-electron chi connectivity index (χ1n) is 3.74. The van der Waals surface area contributed by atoms with Crippen molar-refractivity contribution < 1.29 is 14.3 Å². The van der Waals surface area contributed by atoms with Gasteiger partial charge in [0.25, 0.3) is 0 Å². The Morgan fingerprint density at radius 1 is 1.42 bits per heavy atom. The van der Waals surface area contributed by atoms with E-state index in [4.69, 9.17) is 4.74 Å². The molecule has 0 spiro atoms. The minimum atomic E-state index is -0.789. The van der Waals surface area contributed by atoms with Gasteiger partial charge in [0.2, 0.25) is 5.78 Å². The first-order valence-corrected chi connectivity index (χ1v) is 3.74. The Morgan fingerprint density at radius 2 is 1.92 bits per heavy atom. The highest BCUT2D eigenvalue weighted by Crippen LogP contribution is 2.07. The quantitative estimate of drug-likeness (QED) is 0.366. The third-order valence-corrected chi connectivity index (χ3v) is 0.956. The molecule has 0 aromatic rings. The van der Waals surface area contributed by atoms with Gasteiger partial charge in [-0.1, -0.05) is 6.08 Å². The molecule has 0 saturated heterocycles.